The fraction of sp³-hybridized carbons (Fsp3) is 0.318. The van der Waals surface area contributed by atoms with Gasteiger partial charge >= 0.3 is 0 Å². The van der Waals surface area contributed by atoms with E-state index in [4.69, 9.17) is 18.7 Å². The third-order valence-electron chi connectivity index (χ3n) is 5.30. The molecule has 0 N–H and O–H groups in total. The van der Waals surface area contributed by atoms with Crippen molar-refractivity contribution < 1.29 is 27.2 Å². The Morgan fingerprint density at radius 3 is 2.58 bits per heavy atom. The van der Waals surface area contributed by atoms with Gasteiger partial charge in [-0.15, -0.1) is 0 Å². The lowest BCUT2D eigenvalue weighted by Crippen LogP contribution is -2.41. The summed E-state index contributed by atoms with van der Waals surface area (Å²) in [5, 5.41) is 3.96. The van der Waals surface area contributed by atoms with E-state index in [9.17, 15) is 8.42 Å². The quantitative estimate of drug-likeness (QED) is 0.575. The molecule has 0 aliphatic carbocycles. The number of hydrogen-bond donors (Lipinski definition) is 0. The predicted molar refractivity (Wildman–Crippen MR) is 114 cm³/mol. The summed E-state index contributed by atoms with van der Waals surface area (Å²) in [4.78, 5) is 0.0422. The van der Waals surface area contributed by atoms with Crippen molar-refractivity contribution in [1.82, 2.24) is 9.46 Å². The first-order valence-corrected chi connectivity index (χ1v) is 11.2. The molecule has 2 heterocycles. The van der Waals surface area contributed by atoms with Crippen LogP contribution in [0.2, 0.25) is 0 Å². The molecular formula is C22H24N2O6S. The zero-order valence-electron chi connectivity index (χ0n) is 17.8. The molecule has 0 spiro atoms. The molecule has 31 heavy (non-hydrogen) atoms. The monoisotopic (exact) mass is 444 g/mol. The lowest BCUT2D eigenvalue weighted by Gasteiger charge is -2.29. The van der Waals surface area contributed by atoms with Crippen molar-refractivity contribution in [2.75, 3.05) is 27.3 Å². The first-order chi connectivity index (χ1) is 14.8. The summed E-state index contributed by atoms with van der Waals surface area (Å²) < 4.78 is 50.4. The van der Waals surface area contributed by atoms with Crippen molar-refractivity contribution in [3.8, 4) is 28.6 Å². The fourth-order valence-corrected chi connectivity index (χ4v) is 4.79. The SMILES string of the molecule is COc1ccc(-c2onc(C)c2C)cc1S(=O)(=O)N(C)CC1COc2ccccc2O1. The predicted octanol–water partition coefficient (Wildman–Crippen LogP) is 3.43. The zero-order valence-corrected chi connectivity index (χ0v) is 18.6. The highest BCUT2D eigenvalue weighted by Crippen LogP contribution is 2.35. The lowest BCUT2D eigenvalue weighted by atomic mass is 10.1. The van der Waals surface area contributed by atoms with Gasteiger partial charge in [-0.25, -0.2) is 8.42 Å². The second kappa shape index (κ2) is 8.24. The van der Waals surface area contributed by atoms with Gasteiger partial charge in [-0.05, 0) is 44.2 Å². The van der Waals surface area contributed by atoms with E-state index in [0.29, 0.717) is 22.8 Å². The fourth-order valence-electron chi connectivity index (χ4n) is 3.41. The number of fused-ring (bicyclic) bond motifs is 1. The molecule has 2 aromatic carbocycles. The minimum Gasteiger partial charge on any atom is -0.495 e. The molecule has 1 aromatic heterocycles. The van der Waals surface area contributed by atoms with Crippen LogP contribution in [0, 0.1) is 13.8 Å². The molecule has 1 unspecified atom stereocenters. The summed E-state index contributed by atoms with van der Waals surface area (Å²) in [5.41, 5.74) is 2.22. The normalized spacial score (nSPS) is 15.8. The van der Waals surface area contributed by atoms with E-state index >= 15 is 0 Å². The minimum atomic E-state index is -3.88. The topological polar surface area (TPSA) is 91.1 Å². The Hall–Kier alpha value is -3.04. The molecule has 164 valence electrons. The first kappa shape index (κ1) is 21.2. The maximum Gasteiger partial charge on any atom is 0.246 e. The van der Waals surface area contributed by atoms with E-state index in [0.717, 1.165) is 11.3 Å². The van der Waals surface area contributed by atoms with Crippen molar-refractivity contribution in [3.05, 3.63) is 53.7 Å². The molecule has 1 atom stereocenters. The largest absolute Gasteiger partial charge is 0.495 e. The van der Waals surface area contributed by atoms with Crippen LogP contribution >= 0.6 is 0 Å². The smallest absolute Gasteiger partial charge is 0.246 e. The Labute approximate surface area is 181 Å². The molecule has 1 aliphatic rings. The van der Waals surface area contributed by atoms with Gasteiger partial charge in [-0.3, -0.25) is 0 Å². The zero-order chi connectivity index (χ0) is 22.2. The summed E-state index contributed by atoms with van der Waals surface area (Å²) in [5.74, 6) is 2.02. The third kappa shape index (κ3) is 3.98. The van der Waals surface area contributed by atoms with Crippen molar-refractivity contribution in [3.63, 3.8) is 0 Å². The van der Waals surface area contributed by atoms with Gasteiger partial charge in [0, 0.05) is 18.2 Å². The molecule has 1 aliphatic heterocycles. The van der Waals surface area contributed by atoms with Crippen LogP contribution < -0.4 is 14.2 Å². The third-order valence-corrected chi connectivity index (χ3v) is 7.14. The number of likely N-dealkylation sites (N-methyl/N-ethyl adjacent to an activating group) is 1. The Bertz CT molecular complexity index is 1200. The van der Waals surface area contributed by atoms with Gasteiger partial charge in [0.25, 0.3) is 0 Å². The van der Waals surface area contributed by atoms with Gasteiger partial charge in [0.1, 0.15) is 23.4 Å². The molecule has 0 fully saturated rings. The number of benzene rings is 2. The van der Waals surface area contributed by atoms with Gasteiger partial charge < -0.3 is 18.7 Å². The van der Waals surface area contributed by atoms with Crippen LogP contribution in [0.1, 0.15) is 11.3 Å². The molecule has 9 heteroatoms. The summed E-state index contributed by atoms with van der Waals surface area (Å²) >= 11 is 0. The Morgan fingerprint density at radius 1 is 1.16 bits per heavy atom. The maximum atomic E-state index is 13.4. The van der Waals surface area contributed by atoms with Crippen molar-refractivity contribution in [2.24, 2.45) is 0 Å². The van der Waals surface area contributed by atoms with Crippen LogP contribution in [0.3, 0.4) is 0 Å². The van der Waals surface area contributed by atoms with Gasteiger partial charge in [-0.1, -0.05) is 17.3 Å². The Kier molecular flexibility index (Phi) is 5.63. The highest BCUT2D eigenvalue weighted by atomic mass is 32.2. The number of nitrogens with zero attached hydrogens (tertiary/aromatic N) is 2. The molecule has 0 amide bonds. The van der Waals surface area contributed by atoms with E-state index in [1.165, 1.54) is 18.5 Å². The van der Waals surface area contributed by atoms with Crippen molar-refractivity contribution in [1.29, 1.82) is 0 Å². The number of para-hydroxylation sites is 2. The summed E-state index contributed by atoms with van der Waals surface area (Å²) in [6.45, 7) is 4.08. The van der Waals surface area contributed by atoms with Gasteiger partial charge in [0.2, 0.25) is 10.0 Å². The van der Waals surface area contributed by atoms with Crippen LogP contribution in [-0.4, -0.2) is 51.3 Å². The number of aryl methyl sites for hydroxylation is 1. The van der Waals surface area contributed by atoms with E-state index < -0.39 is 16.1 Å². The number of ether oxygens (including phenoxy) is 3. The van der Waals surface area contributed by atoms with Crippen LogP contribution in [0.15, 0.2) is 51.9 Å². The van der Waals surface area contributed by atoms with Crippen LogP contribution in [0.5, 0.6) is 17.2 Å². The summed E-state index contributed by atoms with van der Waals surface area (Å²) in [7, 11) is -0.938. The van der Waals surface area contributed by atoms with Crippen molar-refractivity contribution in [2.45, 2.75) is 24.8 Å². The van der Waals surface area contributed by atoms with Crippen LogP contribution in [0.4, 0.5) is 0 Å². The van der Waals surface area contributed by atoms with E-state index in [1.807, 2.05) is 32.0 Å². The van der Waals surface area contributed by atoms with E-state index in [-0.39, 0.29) is 23.8 Å². The molecular weight excluding hydrogens is 420 g/mol. The van der Waals surface area contributed by atoms with E-state index in [2.05, 4.69) is 5.16 Å². The van der Waals surface area contributed by atoms with Gasteiger partial charge in [-0.2, -0.15) is 4.31 Å². The number of sulfonamides is 1. The second-order valence-electron chi connectivity index (χ2n) is 7.37. The highest BCUT2D eigenvalue weighted by Gasteiger charge is 2.30. The number of hydrogen-bond acceptors (Lipinski definition) is 7. The van der Waals surface area contributed by atoms with Gasteiger partial charge in [0.05, 0.1) is 19.3 Å². The second-order valence-corrected chi connectivity index (χ2v) is 9.38. The van der Waals surface area contributed by atoms with E-state index in [1.54, 1.807) is 24.3 Å². The molecule has 8 nitrogen and oxygen atoms in total. The van der Waals surface area contributed by atoms with Crippen molar-refractivity contribution >= 4 is 10.0 Å². The molecule has 4 rings (SSSR count). The average molecular weight is 445 g/mol. The highest BCUT2D eigenvalue weighted by molar-refractivity contribution is 7.89. The average Bonchev–Trinajstić information content (AvgIpc) is 3.11. The number of rotatable bonds is 6. The summed E-state index contributed by atoms with van der Waals surface area (Å²) in [6.07, 6.45) is -0.442. The van der Waals surface area contributed by atoms with Crippen LogP contribution in [-0.2, 0) is 10.0 Å². The first-order valence-electron chi connectivity index (χ1n) is 9.77. The minimum absolute atomic E-state index is 0.0422. The molecule has 3 aromatic rings. The van der Waals surface area contributed by atoms with Gasteiger partial charge in [0.15, 0.2) is 17.3 Å². The maximum absolute atomic E-state index is 13.4. The molecule has 0 saturated carbocycles. The Morgan fingerprint density at radius 2 is 1.90 bits per heavy atom. The number of aromatic nitrogens is 1. The number of methoxy groups -OCH3 is 1. The molecule has 0 saturated heterocycles. The van der Waals surface area contributed by atoms with Crippen LogP contribution in [0.25, 0.3) is 11.3 Å². The Balaban J connectivity index is 1.61. The molecule has 0 radical (unpaired) electrons. The standard InChI is InChI=1S/C22H24N2O6S/c1-14-15(2)23-30-22(14)16-9-10-20(27-4)21(11-16)31(25,26)24(3)12-17-13-28-18-7-5-6-8-19(18)29-17/h5-11,17H,12-13H2,1-4H3. The summed E-state index contributed by atoms with van der Waals surface area (Å²) in [6, 6.07) is 12.2. The molecule has 0 bridgehead atoms. The lowest BCUT2D eigenvalue weighted by molar-refractivity contribution is 0.0798.